The molecule has 16 heavy (non-hydrogen) atoms. The first-order valence-electron chi connectivity index (χ1n) is 5.37. The number of hydrogen-bond acceptors (Lipinski definition) is 3. The van der Waals surface area contributed by atoms with Crippen molar-refractivity contribution in [3.8, 4) is 0 Å². The number of thiocarbonyl (C=S) groups is 1. The second-order valence-corrected chi connectivity index (χ2v) is 4.45. The van der Waals surface area contributed by atoms with Gasteiger partial charge in [0.05, 0.1) is 10.9 Å². The molecule has 0 saturated heterocycles. The highest BCUT2D eigenvalue weighted by molar-refractivity contribution is 7.80. The lowest BCUT2D eigenvalue weighted by atomic mass is 10.2. The minimum absolute atomic E-state index is 0.0802. The van der Waals surface area contributed by atoms with Crippen molar-refractivity contribution in [1.82, 2.24) is 10.6 Å². The Bertz CT molecular complexity index is 302. The van der Waals surface area contributed by atoms with Crippen molar-refractivity contribution in [3.63, 3.8) is 0 Å². The summed E-state index contributed by atoms with van der Waals surface area (Å²) in [7, 11) is 0. The van der Waals surface area contributed by atoms with E-state index in [-0.39, 0.29) is 22.7 Å². The molecular weight excluding hydrogens is 226 g/mol. The van der Waals surface area contributed by atoms with E-state index in [9.17, 15) is 9.59 Å². The Morgan fingerprint density at radius 2 is 1.94 bits per heavy atom. The summed E-state index contributed by atoms with van der Waals surface area (Å²) in [5.74, 6) is -0.384. The third kappa shape index (κ3) is 4.14. The summed E-state index contributed by atoms with van der Waals surface area (Å²) in [6.45, 7) is 2.51. The second-order valence-electron chi connectivity index (χ2n) is 3.98. The molecule has 1 unspecified atom stereocenters. The van der Waals surface area contributed by atoms with E-state index in [1.165, 1.54) is 0 Å². The van der Waals surface area contributed by atoms with Gasteiger partial charge in [0.1, 0.15) is 0 Å². The molecule has 90 valence electrons. The Kier molecular flexibility index (Phi) is 4.67. The number of rotatable bonds is 6. The first-order chi connectivity index (χ1) is 7.52. The second kappa shape index (κ2) is 5.79. The average molecular weight is 243 g/mol. The van der Waals surface area contributed by atoms with Gasteiger partial charge in [-0.15, -0.1) is 0 Å². The molecular formula is C10H17N3O2S. The van der Waals surface area contributed by atoms with Gasteiger partial charge < -0.3 is 16.4 Å². The van der Waals surface area contributed by atoms with Crippen LogP contribution in [0.1, 0.15) is 19.8 Å². The standard InChI is InChI=1S/C10H17N3O2S/c1-6(8(11)16)9(14)12-4-5-13-10(15)7-2-3-7/h6-7H,2-5H2,1H3,(H2,11,16)(H,12,14)(H,13,15). The summed E-state index contributed by atoms with van der Waals surface area (Å²) < 4.78 is 0. The molecule has 0 radical (unpaired) electrons. The average Bonchev–Trinajstić information content (AvgIpc) is 3.05. The van der Waals surface area contributed by atoms with Crippen LogP contribution in [-0.4, -0.2) is 29.9 Å². The Morgan fingerprint density at radius 3 is 2.44 bits per heavy atom. The van der Waals surface area contributed by atoms with Crippen LogP contribution in [-0.2, 0) is 9.59 Å². The maximum Gasteiger partial charge on any atom is 0.229 e. The molecule has 5 nitrogen and oxygen atoms in total. The summed E-state index contributed by atoms with van der Waals surface area (Å²) in [5, 5.41) is 5.41. The zero-order valence-electron chi connectivity index (χ0n) is 9.29. The van der Waals surface area contributed by atoms with Crippen LogP contribution in [0.4, 0.5) is 0 Å². The lowest BCUT2D eigenvalue weighted by Gasteiger charge is -2.10. The zero-order chi connectivity index (χ0) is 12.1. The van der Waals surface area contributed by atoms with E-state index in [0.717, 1.165) is 12.8 Å². The van der Waals surface area contributed by atoms with Crippen molar-refractivity contribution in [3.05, 3.63) is 0 Å². The van der Waals surface area contributed by atoms with Crippen LogP contribution in [0.2, 0.25) is 0 Å². The normalized spacial score (nSPS) is 16.3. The van der Waals surface area contributed by atoms with Crippen LogP contribution >= 0.6 is 12.2 Å². The van der Waals surface area contributed by atoms with E-state index in [1.54, 1.807) is 6.92 Å². The molecule has 0 bridgehead atoms. The van der Waals surface area contributed by atoms with Crippen LogP contribution in [0.15, 0.2) is 0 Å². The smallest absolute Gasteiger partial charge is 0.229 e. The fraction of sp³-hybridized carbons (Fsp3) is 0.700. The van der Waals surface area contributed by atoms with Gasteiger partial charge in [0.15, 0.2) is 0 Å². The Morgan fingerprint density at radius 1 is 1.38 bits per heavy atom. The molecule has 4 N–H and O–H groups in total. The van der Waals surface area contributed by atoms with Crippen molar-refractivity contribution in [1.29, 1.82) is 0 Å². The number of nitrogens with one attached hydrogen (secondary N) is 2. The number of hydrogen-bond donors (Lipinski definition) is 3. The fourth-order valence-electron chi connectivity index (χ4n) is 1.14. The molecule has 1 rings (SSSR count). The minimum Gasteiger partial charge on any atom is -0.393 e. The van der Waals surface area contributed by atoms with E-state index >= 15 is 0 Å². The molecule has 6 heteroatoms. The molecule has 0 heterocycles. The van der Waals surface area contributed by atoms with Gasteiger partial charge in [0.2, 0.25) is 11.8 Å². The molecule has 1 atom stereocenters. The molecule has 1 aliphatic rings. The number of carbonyl (C=O) groups is 2. The van der Waals surface area contributed by atoms with Gasteiger partial charge in [0.25, 0.3) is 0 Å². The Hall–Kier alpha value is -1.17. The van der Waals surface area contributed by atoms with Crippen molar-refractivity contribution in [2.75, 3.05) is 13.1 Å². The summed E-state index contributed by atoms with van der Waals surface area (Å²) in [5.41, 5.74) is 5.34. The van der Waals surface area contributed by atoms with Crippen LogP contribution in [0.5, 0.6) is 0 Å². The largest absolute Gasteiger partial charge is 0.393 e. The first kappa shape index (κ1) is 12.9. The van der Waals surface area contributed by atoms with Crippen molar-refractivity contribution < 1.29 is 9.59 Å². The van der Waals surface area contributed by atoms with Gasteiger partial charge in [-0.3, -0.25) is 9.59 Å². The number of nitrogens with two attached hydrogens (primary N) is 1. The topological polar surface area (TPSA) is 84.2 Å². The van der Waals surface area contributed by atoms with Crippen LogP contribution in [0.25, 0.3) is 0 Å². The predicted molar refractivity (Wildman–Crippen MR) is 64.7 cm³/mol. The molecule has 0 spiro atoms. The van der Waals surface area contributed by atoms with Gasteiger partial charge in [-0.25, -0.2) is 0 Å². The molecule has 2 amide bonds. The quantitative estimate of drug-likeness (QED) is 0.436. The van der Waals surface area contributed by atoms with Gasteiger partial charge in [-0.1, -0.05) is 12.2 Å². The highest BCUT2D eigenvalue weighted by Gasteiger charge is 2.29. The highest BCUT2D eigenvalue weighted by Crippen LogP contribution is 2.28. The van der Waals surface area contributed by atoms with Crippen molar-refractivity contribution in [2.24, 2.45) is 17.6 Å². The maximum atomic E-state index is 11.4. The molecule has 0 aliphatic heterocycles. The molecule has 1 fully saturated rings. The lowest BCUT2D eigenvalue weighted by Crippen LogP contribution is -2.40. The summed E-state index contributed by atoms with van der Waals surface area (Å²) >= 11 is 4.70. The molecule has 0 aromatic carbocycles. The summed E-state index contributed by atoms with van der Waals surface area (Å²) in [6.07, 6.45) is 1.97. The van der Waals surface area contributed by atoms with E-state index in [2.05, 4.69) is 10.6 Å². The molecule has 1 aliphatic carbocycles. The van der Waals surface area contributed by atoms with Gasteiger partial charge in [-0.05, 0) is 19.8 Å². The molecule has 0 aromatic rings. The minimum atomic E-state index is -0.464. The van der Waals surface area contributed by atoms with E-state index in [4.69, 9.17) is 18.0 Å². The Labute approximate surface area is 100 Å². The van der Waals surface area contributed by atoms with E-state index < -0.39 is 5.92 Å². The van der Waals surface area contributed by atoms with E-state index in [1.807, 2.05) is 0 Å². The van der Waals surface area contributed by atoms with Gasteiger partial charge in [0, 0.05) is 19.0 Å². The van der Waals surface area contributed by atoms with Crippen molar-refractivity contribution >= 4 is 29.0 Å². The van der Waals surface area contributed by atoms with Crippen LogP contribution < -0.4 is 16.4 Å². The highest BCUT2D eigenvalue weighted by atomic mass is 32.1. The molecule has 1 saturated carbocycles. The monoisotopic (exact) mass is 243 g/mol. The Balaban J connectivity index is 2.08. The third-order valence-corrected chi connectivity index (χ3v) is 2.85. The summed E-state index contributed by atoms with van der Waals surface area (Å²) in [6, 6.07) is 0. The van der Waals surface area contributed by atoms with E-state index in [0.29, 0.717) is 13.1 Å². The van der Waals surface area contributed by atoms with Gasteiger partial charge >= 0.3 is 0 Å². The third-order valence-electron chi connectivity index (χ3n) is 2.49. The number of carbonyl (C=O) groups excluding carboxylic acids is 2. The molecule has 0 aromatic heterocycles. The summed E-state index contributed by atoms with van der Waals surface area (Å²) in [4.78, 5) is 22.8. The predicted octanol–water partition coefficient (Wildman–Crippen LogP) is -0.449. The van der Waals surface area contributed by atoms with Gasteiger partial charge in [-0.2, -0.15) is 0 Å². The fourth-order valence-corrected chi connectivity index (χ4v) is 1.25. The SMILES string of the molecule is CC(C(=O)NCCNC(=O)C1CC1)C(N)=S. The van der Waals surface area contributed by atoms with Crippen molar-refractivity contribution in [2.45, 2.75) is 19.8 Å². The zero-order valence-corrected chi connectivity index (χ0v) is 10.1. The first-order valence-corrected chi connectivity index (χ1v) is 5.78. The number of amides is 2. The lowest BCUT2D eigenvalue weighted by molar-refractivity contribution is -0.124. The van der Waals surface area contributed by atoms with Crippen LogP contribution in [0.3, 0.4) is 0 Å². The van der Waals surface area contributed by atoms with Crippen LogP contribution in [0, 0.1) is 11.8 Å². The maximum absolute atomic E-state index is 11.4.